The van der Waals surface area contributed by atoms with Crippen LogP contribution < -0.4 is 5.32 Å². The lowest BCUT2D eigenvalue weighted by Gasteiger charge is -2.24. The van der Waals surface area contributed by atoms with Crippen LogP contribution in [0.5, 0.6) is 0 Å². The van der Waals surface area contributed by atoms with Crippen LogP contribution in [0, 0.1) is 0 Å². The number of fused-ring (bicyclic) bond motifs is 1. The minimum absolute atomic E-state index is 0.420. The van der Waals surface area contributed by atoms with Crippen LogP contribution in [-0.2, 0) is 9.53 Å². The molecule has 0 aliphatic carbocycles. The van der Waals surface area contributed by atoms with E-state index in [-0.39, 0.29) is 0 Å². The molecule has 23 heavy (non-hydrogen) atoms. The van der Waals surface area contributed by atoms with Gasteiger partial charge in [0.25, 0.3) is 0 Å². The van der Waals surface area contributed by atoms with E-state index >= 15 is 0 Å². The number of ether oxygens (including phenoxy) is 1. The number of H-pyrrole nitrogens is 1. The second-order valence-corrected chi connectivity index (χ2v) is 6.54. The molecule has 0 saturated carbocycles. The zero-order valence-corrected chi connectivity index (χ0v) is 13.7. The Morgan fingerprint density at radius 2 is 1.91 bits per heavy atom. The molecule has 6 heteroatoms. The number of carbonyl (C=O) groups excluding carboxylic acids is 1. The molecule has 0 fully saturated rings. The Labute approximate surface area is 134 Å². The first-order chi connectivity index (χ1) is 10.7. The predicted octanol–water partition coefficient (Wildman–Crippen LogP) is 3.25. The highest BCUT2D eigenvalue weighted by Gasteiger charge is 2.30. The summed E-state index contributed by atoms with van der Waals surface area (Å²) in [6.07, 6.45) is 1.04. The number of aliphatic carboxylic acids is 1. The van der Waals surface area contributed by atoms with Crippen molar-refractivity contribution in [1.29, 1.82) is 0 Å². The van der Waals surface area contributed by atoms with Crippen LogP contribution in [0.1, 0.15) is 39.2 Å². The highest BCUT2D eigenvalue weighted by Crippen LogP contribution is 2.28. The fourth-order valence-corrected chi connectivity index (χ4v) is 2.49. The fraction of sp³-hybridized carbons (Fsp3) is 0.412. The Balaban J connectivity index is 2.23. The average molecular weight is 318 g/mol. The van der Waals surface area contributed by atoms with Crippen molar-refractivity contribution < 1.29 is 19.4 Å². The summed E-state index contributed by atoms with van der Waals surface area (Å²) in [7, 11) is 0. The van der Waals surface area contributed by atoms with Gasteiger partial charge in [-0.3, -0.25) is 0 Å². The Morgan fingerprint density at radius 1 is 1.26 bits per heavy atom. The van der Waals surface area contributed by atoms with E-state index in [2.05, 4.69) is 10.3 Å². The molecule has 1 heterocycles. The predicted molar refractivity (Wildman–Crippen MR) is 87.5 cm³/mol. The summed E-state index contributed by atoms with van der Waals surface area (Å²) in [5.74, 6) is -1.52. The molecule has 0 aliphatic rings. The van der Waals surface area contributed by atoms with Crippen molar-refractivity contribution in [3.63, 3.8) is 0 Å². The fourth-order valence-electron chi connectivity index (χ4n) is 2.49. The molecular formula is C17H22N2O4. The third kappa shape index (κ3) is 4.03. The van der Waals surface area contributed by atoms with Gasteiger partial charge in [-0.1, -0.05) is 25.1 Å². The monoisotopic (exact) mass is 318 g/mol. The van der Waals surface area contributed by atoms with Crippen LogP contribution in [0.25, 0.3) is 10.9 Å². The summed E-state index contributed by atoms with van der Waals surface area (Å²) in [6, 6.07) is 6.56. The number of amides is 1. The number of aromatic nitrogens is 1. The van der Waals surface area contributed by atoms with Gasteiger partial charge >= 0.3 is 12.1 Å². The minimum atomic E-state index is -1.10. The van der Waals surface area contributed by atoms with Crippen LogP contribution in [0.4, 0.5) is 4.79 Å². The first-order valence-corrected chi connectivity index (χ1v) is 7.47. The number of hydrogen-bond donors (Lipinski definition) is 3. The van der Waals surface area contributed by atoms with Gasteiger partial charge in [0.2, 0.25) is 0 Å². The van der Waals surface area contributed by atoms with Crippen molar-refractivity contribution >= 4 is 23.0 Å². The van der Waals surface area contributed by atoms with Crippen molar-refractivity contribution in [3.05, 3.63) is 36.0 Å². The molecule has 3 N–H and O–H groups in total. The quantitative estimate of drug-likeness (QED) is 0.807. The summed E-state index contributed by atoms with van der Waals surface area (Å²) in [6.45, 7) is 6.95. The SMILES string of the molecule is C[C@@H](c1c[nH]c2ccccc12)[C@H](NC(=O)OC(C)(C)C)C(=O)O. The van der Waals surface area contributed by atoms with E-state index in [4.69, 9.17) is 4.74 Å². The number of hydrogen-bond acceptors (Lipinski definition) is 3. The van der Waals surface area contributed by atoms with Gasteiger partial charge in [-0.15, -0.1) is 0 Å². The van der Waals surface area contributed by atoms with Gasteiger partial charge < -0.3 is 20.1 Å². The number of para-hydroxylation sites is 1. The van der Waals surface area contributed by atoms with Gasteiger partial charge in [0.05, 0.1) is 0 Å². The molecule has 2 rings (SSSR count). The van der Waals surface area contributed by atoms with Crippen molar-refractivity contribution in [1.82, 2.24) is 10.3 Å². The number of alkyl carbamates (subject to hydrolysis) is 1. The molecule has 1 amide bonds. The molecular weight excluding hydrogens is 296 g/mol. The lowest BCUT2D eigenvalue weighted by molar-refractivity contribution is -0.140. The molecule has 2 atom stereocenters. The highest BCUT2D eigenvalue weighted by molar-refractivity contribution is 5.86. The first-order valence-electron chi connectivity index (χ1n) is 7.47. The van der Waals surface area contributed by atoms with E-state index in [9.17, 15) is 14.7 Å². The molecule has 0 aliphatic heterocycles. The van der Waals surface area contributed by atoms with Gasteiger partial charge in [0.15, 0.2) is 0 Å². The molecule has 6 nitrogen and oxygen atoms in total. The number of carboxylic acid groups (broad SMARTS) is 1. The summed E-state index contributed by atoms with van der Waals surface area (Å²) < 4.78 is 5.15. The van der Waals surface area contributed by atoms with Crippen molar-refractivity contribution in [2.45, 2.75) is 45.3 Å². The smallest absolute Gasteiger partial charge is 0.408 e. The zero-order chi connectivity index (χ0) is 17.2. The topological polar surface area (TPSA) is 91.4 Å². The van der Waals surface area contributed by atoms with Crippen LogP contribution >= 0.6 is 0 Å². The molecule has 0 radical (unpaired) electrons. The van der Waals surface area contributed by atoms with Crippen molar-refractivity contribution in [2.24, 2.45) is 0 Å². The van der Waals surface area contributed by atoms with E-state index < -0.39 is 29.6 Å². The van der Waals surface area contributed by atoms with Crippen molar-refractivity contribution in [2.75, 3.05) is 0 Å². The number of rotatable bonds is 4. The Kier molecular flexibility index (Phi) is 4.63. The maximum absolute atomic E-state index is 11.9. The lowest BCUT2D eigenvalue weighted by Crippen LogP contribution is -2.46. The van der Waals surface area contributed by atoms with Crippen molar-refractivity contribution in [3.8, 4) is 0 Å². The third-order valence-corrected chi connectivity index (χ3v) is 3.55. The number of carboxylic acids is 1. The summed E-state index contributed by atoms with van der Waals surface area (Å²) in [5, 5.41) is 12.9. The van der Waals surface area contributed by atoms with Gasteiger partial charge in [-0.2, -0.15) is 0 Å². The van der Waals surface area contributed by atoms with Crippen LogP contribution in [-0.4, -0.2) is 33.8 Å². The minimum Gasteiger partial charge on any atom is -0.480 e. The number of aromatic amines is 1. The second kappa shape index (κ2) is 6.32. The molecule has 0 spiro atoms. The third-order valence-electron chi connectivity index (χ3n) is 3.55. The van der Waals surface area contributed by atoms with E-state index in [1.165, 1.54) is 0 Å². The molecule has 0 bridgehead atoms. The second-order valence-electron chi connectivity index (χ2n) is 6.54. The van der Waals surface area contributed by atoms with Crippen LogP contribution in [0.3, 0.4) is 0 Å². The summed E-state index contributed by atoms with van der Waals surface area (Å²) in [5.41, 5.74) is 1.08. The van der Waals surface area contributed by atoms with E-state index in [0.717, 1.165) is 16.5 Å². The van der Waals surface area contributed by atoms with Gasteiger partial charge in [-0.05, 0) is 32.4 Å². The first kappa shape index (κ1) is 16.9. The standard InChI is InChI=1S/C17H22N2O4/c1-10(12-9-18-13-8-6-5-7-11(12)13)14(15(20)21)19-16(22)23-17(2,3)4/h5-10,14,18H,1-4H3,(H,19,22)(H,20,21)/t10-,14-/m0/s1. The largest absolute Gasteiger partial charge is 0.480 e. The molecule has 2 aromatic rings. The van der Waals surface area contributed by atoms with Gasteiger partial charge in [0, 0.05) is 23.0 Å². The maximum atomic E-state index is 11.9. The molecule has 124 valence electrons. The van der Waals surface area contributed by atoms with E-state index in [1.807, 2.05) is 24.3 Å². The Bertz CT molecular complexity index is 715. The molecule has 0 saturated heterocycles. The lowest BCUT2D eigenvalue weighted by atomic mass is 9.93. The number of nitrogens with one attached hydrogen (secondary N) is 2. The van der Waals surface area contributed by atoms with E-state index in [1.54, 1.807) is 33.9 Å². The molecule has 1 aromatic carbocycles. The zero-order valence-electron chi connectivity index (χ0n) is 13.7. The number of carbonyl (C=O) groups is 2. The Morgan fingerprint density at radius 3 is 2.52 bits per heavy atom. The van der Waals surface area contributed by atoms with Crippen LogP contribution in [0.15, 0.2) is 30.5 Å². The van der Waals surface area contributed by atoms with Crippen LogP contribution in [0.2, 0.25) is 0 Å². The van der Waals surface area contributed by atoms with E-state index in [0.29, 0.717) is 0 Å². The normalized spacial score (nSPS) is 14.3. The Hall–Kier alpha value is -2.50. The molecule has 0 unspecified atom stereocenters. The van der Waals surface area contributed by atoms with Gasteiger partial charge in [-0.25, -0.2) is 9.59 Å². The summed E-state index contributed by atoms with van der Waals surface area (Å²) >= 11 is 0. The molecule has 1 aromatic heterocycles. The highest BCUT2D eigenvalue weighted by atomic mass is 16.6. The maximum Gasteiger partial charge on any atom is 0.408 e. The number of benzene rings is 1. The summed E-state index contributed by atoms with van der Waals surface area (Å²) in [4.78, 5) is 26.6. The van der Waals surface area contributed by atoms with Gasteiger partial charge in [0.1, 0.15) is 11.6 Å². The average Bonchev–Trinajstić information content (AvgIpc) is 2.85.